The molecule has 0 saturated carbocycles. The van der Waals surface area contributed by atoms with E-state index >= 15 is 0 Å². The van der Waals surface area contributed by atoms with E-state index in [9.17, 15) is 4.79 Å². The summed E-state index contributed by atoms with van der Waals surface area (Å²) in [6.07, 6.45) is 7.03. The van der Waals surface area contributed by atoms with Gasteiger partial charge in [-0.3, -0.25) is 14.6 Å². The number of aryl methyl sites for hydroxylation is 2. The Morgan fingerprint density at radius 3 is 2.44 bits per heavy atom. The van der Waals surface area contributed by atoms with E-state index in [1.807, 2.05) is 13.8 Å². The molecule has 27 heavy (non-hydrogen) atoms. The molecule has 3 aliphatic heterocycles. The molecular formula is C21H34N4O2. The van der Waals surface area contributed by atoms with Gasteiger partial charge in [-0.2, -0.15) is 0 Å². The molecule has 3 fully saturated rings. The average Bonchev–Trinajstić information content (AvgIpc) is 3.34. The minimum absolute atomic E-state index is 0.234. The highest BCUT2D eigenvalue weighted by Gasteiger charge is 2.34. The van der Waals surface area contributed by atoms with Crippen molar-refractivity contribution in [3.8, 4) is 0 Å². The first kappa shape index (κ1) is 18.9. The predicted octanol–water partition coefficient (Wildman–Crippen LogP) is 2.59. The Hall–Kier alpha value is -1.40. The van der Waals surface area contributed by atoms with Crippen molar-refractivity contribution in [1.29, 1.82) is 0 Å². The van der Waals surface area contributed by atoms with E-state index in [2.05, 4.69) is 19.9 Å². The van der Waals surface area contributed by atoms with Crippen LogP contribution in [-0.2, 0) is 11.3 Å². The number of rotatable bonds is 4. The molecule has 3 aliphatic rings. The van der Waals surface area contributed by atoms with Gasteiger partial charge < -0.3 is 9.42 Å². The molecule has 0 spiro atoms. The third-order valence-corrected chi connectivity index (χ3v) is 6.86. The van der Waals surface area contributed by atoms with Crippen LogP contribution in [-0.4, -0.2) is 71.1 Å². The van der Waals surface area contributed by atoms with Gasteiger partial charge in [-0.05, 0) is 72.0 Å². The molecular weight excluding hydrogens is 340 g/mol. The van der Waals surface area contributed by atoms with Crippen LogP contribution in [0, 0.1) is 19.8 Å². The monoisotopic (exact) mass is 374 g/mol. The molecule has 0 aliphatic carbocycles. The number of likely N-dealkylation sites (tertiary alicyclic amines) is 3. The fourth-order valence-electron chi connectivity index (χ4n) is 5.13. The molecule has 6 nitrogen and oxygen atoms in total. The third-order valence-electron chi connectivity index (χ3n) is 6.86. The molecule has 0 aromatic carbocycles. The zero-order valence-electron chi connectivity index (χ0n) is 17.0. The predicted molar refractivity (Wildman–Crippen MR) is 104 cm³/mol. The molecule has 4 rings (SSSR count). The molecule has 0 N–H and O–H groups in total. The highest BCUT2D eigenvalue weighted by Crippen LogP contribution is 2.27. The number of piperidine rings is 2. The second-order valence-electron chi connectivity index (χ2n) is 8.68. The van der Waals surface area contributed by atoms with Crippen molar-refractivity contribution < 1.29 is 9.32 Å². The molecule has 3 saturated heterocycles. The molecule has 1 amide bonds. The van der Waals surface area contributed by atoms with Crippen molar-refractivity contribution in [3.05, 3.63) is 17.0 Å². The quantitative estimate of drug-likeness (QED) is 0.811. The van der Waals surface area contributed by atoms with Crippen LogP contribution in [0.5, 0.6) is 0 Å². The highest BCUT2D eigenvalue weighted by atomic mass is 16.5. The molecule has 1 aromatic rings. The van der Waals surface area contributed by atoms with Gasteiger partial charge in [-0.1, -0.05) is 5.16 Å². The van der Waals surface area contributed by atoms with Crippen LogP contribution in [0.4, 0.5) is 0 Å². The lowest BCUT2D eigenvalue weighted by Gasteiger charge is -2.42. The van der Waals surface area contributed by atoms with E-state index in [0.29, 0.717) is 11.9 Å². The van der Waals surface area contributed by atoms with Crippen molar-refractivity contribution in [2.75, 3.05) is 39.3 Å². The SMILES string of the molecule is Cc1noc(C)c1CN1CCC(N2CCCC(C(=O)N3CCCC3)C2)CC1. The van der Waals surface area contributed by atoms with Crippen LogP contribution >= 0.6 is 0 Å². The minimum atomic E-state index is 0.234. The Balaban J connectivity index is 1.28. The molecule has 0 radical (unpaired) electrons. The summed E-state index contributed by atoms with van der Waals surface area (Å²) in [5.74, 6) is 1.61. The van der Waals surface area contributed by atoms with E-state index in [4.69, 9.17) is 4.52 Å². The minimum Gasteiger partial charge on any atom is -0.361 e. The molecule has 1 atom stereocenters. The summed E-state index contributed by atoms with van der Waals surface area (Å²) in [5, 5.41) is 4.08. The average molecular weight is 375 g/mol. The summed E-state index contributed by atoms with van der Waals surface area (Å²) in [6, 6.07) is 0.639. The Bertz CT molecular complexity index is 625. The lowest BCUT2D eigenvalue weighted by Crippen LogP contribution is -2.51. The number of nitrogens with zero attached hydrogens (tertiary/aromatic N) is 4. The number of amides is 1. The van der Waals surface area contributed by atoms with Crippen molar-refractivity contribution in [3.63, 3.8) is 0 Å². The summed E-state index contributed by atoms with van der Waals surface area (Å²) in [7, 11) is 0. The van der Waals surface area contributed by atoms with Crippen LogP contribution in [0.25, 0.3) is 0 Å². The number of hydrogen-bond donors (Lipinski definition) is 0. The molecule has 1 aromatic heterocycles. The van der Waals surface area contributed by atoms with Gasteiger partial charge in [0.1, 0.15) is 5.76 Å². The van der Waals surface area contributed by atoms with E-state index in [-0.39, 0.29) is 5.92 Å². The Labute approximate surface area is 162 Å². The van der Waals surface area contributed by atoms with Crippen LogP contribution in [0.2, 0.25) is 0 Å². The van der Waals surface area contributed by atoms with Gasteiger partial charge in [0.2, 0.25) is 5.91 Å². The lowest BCUT2D eigenvalue weighted by atomic mass is 9.92. The fraction of sp³-hybridized carbons (Fsp3) is 0.810. The van der Waals surface area contributed by atoms with Crippen LogP contribution in [0.15, 0.2) is 4.52 Å². The molecule has 1 unspecified atom stereocenters. The van der Waals surface area contributed by atoms with E-state index in [0.717, 1.165) is 63.7 Å². The molecule has 150 valence electrons. The maximum absolute atomic E-state index is 12.8. The van der Waals surface area contributed by atoms with Gasteiger partial charge in [-0.25, -0.2) is 0 Å². The van der Waals surface area contributed by atoms with Gasteiger partial charge in [0, 0.05) is 37.8 Å². The van der Waals surface area contributed by atoms with Crippen molar-refractivity contribution in [2.24, 2.45) is 5.92 Å². The van der Waals surface area contributed by atoms with Gasteiger partial charge >= 0.3 is 0 Å². The first-order valence-corrected chi connectivity index (χ1v) is 10.8. The topological polar surface area (TPSA) is 52.8 Å². The maximum Gasteiger partial charge on any atom is 0.226 e. The number of carbonyl (C=O) groups is 1. The highest BCUT2D eigenvalue weighted by molar-refractivity contribution is 5.79. The summed E-state index contributed by atoms with van der Waals surface area (Å²) in [6.45, 7) is 11.3. The van der Waals surface area contributed by atoms with Crippen molar-refractivity contribution in [2.45, 2.75) is 65.0 Å². The van der Waals surface area contributed by atoms with Crippen molar-refractivity contribution >= 4 is 5.91 Å². The number of carbonyl (C=O) groups excluding carboxylic acids is 1. The van der Waals surface area contributed by atoms with E-state index in [1.54, 1.807) is 0 Å². The van der Waals surface area contributed by atoms with Crippen LogP contribution < -0.4 is 0 Å². The Kier molecular flexibility index (Phi) is 5.83. The Morgan fingerprint density at radius 2 is 1.78 bits per heavy atom. The number of hydrogen-bond acceptors (Lipinski definition) is 5. The van der Waals surface area contributed by atoms with E-state index < -0.39 is 0 Å². The number of aromatic nitrogens is 1. The third kappa shape index (κ3) is 4.21. The zero-order chi connectivity index (χ0) is 18.8. The Morgan fingerprint density at radius 1 is 1.04 bits per heavy atom. The van der Waals surface area contributed by atoms with Gasteiger partial charge in [-0.15, -0.1) is 0 Å². The maximum atomic E-state index is 12.8. The van der Waals surface area contributed by atoms with Crippen LogP contribution in [0.3, 0.4) is 0 Å². The lowest BCUT2D eigenvalue weighted by molar-refractivity contribution is -0.136. The zero-order valence-corrected chi connectivity index (χ0v) is 17.0. The largest absolute Gasteiger partial charge is 0.361 e. The molecule has 6 heteroatoms. The molecule has 0 bridgehead atoms. The summed E-state index contributed by atoms with van der Waals surface area (Å²) in [5.41, 5.74) is 2.27. The van der Waals surface area contributed by atoms with Crippen LogP contribution in [0.1, 0.15) is 55.5 Å². The van der Waals surface area contributed by atoms with Crippen molar-refractivity contribution in [1.82, 2.24) is 19.9 Å². The van der Waals surface area contributed by atoms with E-state index in [1.165, 1.54) is 37.7 Å². The second-order valence-corrected chi connectivity index (χ2v) is 8.68. The first-order valence-electron chi connectivity index (χ1n) is 10.8. The standard InChI is InChI=1S/C21H34N4O2/c1-16-20(17(2)27-22-16)15-23-12-7-19(8-13-23)25-11-5-6-18(14-25)21(26)24-9-3-4-10-24/h18-19H,3-15H2,1-2H3. The first-order chi connectivity index (χ1) is 13.1. The van der Waals surface area contributed by atoms with Gasteiger partial charge in [0.25, 0.3) is 0 Å². The van der Waals surface area contributed by atoms with Gasteiger partial charge in [0.15, 0.2) is 0 Å². The normalized spacial score (nSPS) is 26.0. The molecule has 4 heterocycles. The fourth-order valence-corrected chi connectivity index (χ4v) is 5.13. The summed E-state index contributed by atoms with van der Waals surface area (Å²) >= 11 is 0. The summed E-state index contributed by atoms with van der Waals surface area (Å²) in [4.78, 5) is 20.1. The second kappa shape index (κ2) is 8.31. The smallest absolute Gasteiger partial charge is 0.226 e. The van der Waals surface area contributed by atoms with Gasteiger partial charge in [0.05, 0.1) is 11.6 Å². The summed E-state index contributed by atoms with van der Waals surface area (Å²) < 4.78 is 5.31.